The Hall–Kier alpha value is -2.42. The number of H-pyrrole nitrogens is 1. The molecule has 0 spiro atoms. The molecule has 2 N–H and O–H groups in total. The summed E-state index contributed by atoms with van der Waals surface area (Å²) in [5, 5.41) is 6.71. The average Bonchev–Trinajstić information content (AvgIpc) is 3.04. The van der Waals surface area contributed by atoms with Crippen molar-refractivity contribution in [1.82, 2.24) is 19.9 Å². The molecule has 0 bridgehead atoms. The Morgan fingerprint density at radius 2 is 2.08 bits per heavy atom. The first-order valence-corrected chi connectivity index (χ1v) is 9.42. The second-order valence-corrected chi connectivity index (χ2v) is 7.05. The van der Waals surface area contributed by atoms with Gasteiger partial charge >= 0.3 is 0 Å². The highest BCUT2D eigenvalue weighted by molar-refractivity contribution is 7.89. The van der Waals surface area contributed by atoms with Crippen LogP contribution >= 0.6 is 0 Å². The molecule has 2 aromatic rings. The fraction of sp³-hybridized carbons (Fsp3) is 0.400. The summed E-state index contributed by atoms with van der Waals surface area (Å²) in [6.07, 6.45) is 6.62. The van der Waals surface area contributed by atoms with Crippen molar-refractivity contribution in [2.45, 2.75) is 25.7 Å². The zero-order chi connectivity index (χ0) is 17.4. The lowest BCUT2D eigenvalue weighted by Gasteiger charge is -2.06. The van der Waals surface area contributed by atoms with Crippen LogP contribution in [0.2, 0.25) is 0 Å². The Bertz CT molecular complexity index is 742. The Labute approximate surface area is 140 Å². The Morgan fingerprint density at radius 1 is 1.25 bits per heavy atom. The lowest BCUT2D eigenvalue weighted by Crippen LogP contribution is -2.28. The lowest BCUT2D eigenvalue weighted by molar-refractivity contribution is -0.119. The largest absolute Gasteiger partial charge is 0.492 e. The van der Waals surface area contributed by atoms with E-state index in [0.29, 0.717) is 18.8 Å². The number of hydrogen-bond acceptors (Lipinski definition) is 6. The van der Waals surface area contributed by atoms with E-state index in [9.17, 15) is 13.2 Å². The molecule has 1 amide bonds. The van der Waals surface area contributed by atoms with Crippen LogP contribution < -0.4 is 9.46 Å². The van der Waals surface area contributed by atoms with Crippen LogP contribution in [-0.4, -0.2) is 42.4 Å². The van der Waals surface area contributed by atoms with E-state index in [4.69, 9.17) is 4.74 Å². The lowest BCUT2D eigenvalue weighted by atomic mass is 10.2. The highest BCUT2D eigenvalue weighted by Gasteiger charge is 2.07. The molecule has 0 aliphatic heterocycles. The van der Waals surface area contributed by atoms with E-state index in [1.54, 1.807) is 12.4 Å². The highest BCUT2D eigenvalue weighted by Crippen LogP contribution is 2.17. The van der Waals surface area contributed by atoms with Crippen LogP contribution in [0.4, 0.5) is 0 Å². The number of carbonyl (C=O) groups is 1. The van der Waals surface area contributed by atoms with E-state index in [2.05, 4.69) is 15.2 Å². The third-order valence-corrected chi connectivity index (χ3v) is 3.73. The van der Waals surface area contributed by atoms with Gasteiger partial charge in [-0.3, -0.25) is 19.6 Å². The first-order valence-electron chi connectivity index (χ1n) is 7.53. The second-order valence-electron chi connectivity index (χ2n) is 5.31. The van der Waals surface area contributed by atoms with Gasteiger partial charge in [0.1, 0.15) is 5.75 Å². The molecule has 2 aromatic heterocycles. The van der Waals surface area contributed by atoms with Gasteiger partial charge in [0.15, 0.2) is 0 Å². The van der Waals surface area contributed by atoms with Crippen molar-refractivity contribution in [1.29, 1.82) is 0 Å². The molecule has 0 radical (unpaired) electrons. The van der Waals surface area contributed by atoms with Gasteiger partial charge in [0, 0.05) is 12.6 Å². The van der Waals surface area contributed by atoms with Crippen molar-refractivity contribution >= 4 is 15.9 Å². The van der Waals surface area contributed by atoms with Crippen LogP contribution in [0.25, 0.3) is 11.4 Å². The fourth-order valence-electron chi connectivity index (χ4n) is 2.04. The van der Waals surface area contributed by atoms with Crippen molar-refractivity contribution < 1.29 is 17.9 Å². The molecule has 24 heavy (non-hydrogen) atoms. The number of nitrogens with one attached hydrogen (secondary N) is 2. The van der Waals surface area contributed by atoms with Gasteiger partial charge in [0.25, 0.3) is 0 Å². The van der Waals surface area contributed by atoms with Crippen molar-refractivity contribution in [2.24, 2.45) is 0 Å². The molecule has 0 fully saturated rings. The number of ether oxygens (including phenoxy) is 1. The summed E-state index contributed by atoms with van der Waals surface area (Å²) in [5.41, 5.74) is 1.63. The molecule has 0 saturated heterocycles. The van der Waals surface area contributed by atoms with Crippen LogP contribution in [0.3, 0.4) is 0 Å². The quantitative estimate of drug-likeness (QED) is 0.661. The number of aromatic nitrogens is 3. The molecule has 0 atom stereocenters. The Morgan fingerprint density at radius 3 is 2.71 bits per heavy atom. The molecule has 0 aromatic carbocycles. The number of aromatic amines is 1. The summed E-state index contributed by atoms with van der Waals surface area (Å²) in [5.74, 6) is 0.199. The van der Waals surface area contributed by atoms with Gasteiger partial charge < -0.3 is 4.74 Å². The molecular weight excluding hydrogens is 332 g/mol. The summed E-state index contributed by atoms with van der Waals surface area (Å²) in [6.45, 7) is 0.513. The number of rotatable bonds is 9. The average molecular weight is 352 g/mol. The number of pyridine rings is 1. The Kier molecular flexibility index (Phi) is 6.30. The summed E-state index contributed by atoms with van der Waals surface area (Å²) >= 11 is 0. The Balaban J connectivity index is 1.62. The van der Waals surface area contributed by atoms with Crippen molar-refractivity contribution in [3.63, 3.8) is 0 Å². The van der Waals surface area contributed by atoms with Crippen LogP contribution in [0.5, 0.6) is 5.75 Å². The highest BCUT2D eigenvalue weighted by atomic mass is 32.2. The van der Waals surface area contributed by atoms with Crippen LogP contribution in [0, 0.1) is 0 Å². The predicted octanol–water partition coefficient (Wildman–Crippen LogP) is 1.49. The number of nitrogens with zero attached hydrogens (tertiary/aromatic N) is 2. The second kappa shape index (κ2) is 8.44. The maximum absolute atomic E-state index is 11.3. The number of unbranched alkanes of at least 4 members (excludes halogenated alkanes) is 2. The number of carbonyl (C=O) groups excluding carboxylic acids is 1. The van der Waals surface area contributed by atoms with E-state index in [1.165, 1.54) is 0 Å². The van der Waals surface area contributed by atoms with Crippen LogP contribution in [0.1, 0.15) is 25.7 Å². The van der Waals surface area contributed by atoms with Gasteiger partial charge in [-0.25, -0.2) is 8.42 Å². The molecule has 0 saturated carbocycles. The maximum Gasteiger partial charge on any atom is 0.233 e. The zero-order valence-corrected chi connectivity index (χ0v) is 14.2. The van der Waals surface area contributed by atoms with E-state index >= 15 is 0 Å². The summed E-state index contributed by atoms with van der Waals surface area (Å²) in [6, 6.07) is 5.52. The molecule has 0 unspecified atom stereocenters. The van der Waals surface area contributed by atoms with E-state index in [0.717, 1.165) is 30.5 Å². The third-order valence-electron chi connectivity index (χ3n) is 3.13. The van der Waals surface area contributed by atoms with Gasteiger partial charge in [0.05, 0.1) is 30.4 Å². The smallest absolute Gasteiger partial charge is 0.233 e. The molecule has 0 aliphatic carbocycles. The van der Waals surface area contributed by atoms with Gasteiger partial charge in [-0.15, -0.1) is 0 Å². The molecule has 8 nitrogen and oxygen atoms in total. The minimum absolute atomic E-state index is 0.188. The van der Waals surface area contributed by atoms with Crippen LogP contribution in [0.15, 0.2) is 30.6 Å². The van der Waals surface area contributed by atoms with E-state index in [1.807, 2.05) is 22.9 Å². The van der Waals surface area contributed by atoms with Gasteiger partial charge in [-0.1, -0.05) is 0 Å². The first kappa shape index (κ1) is 17.9. The fourth-order valence-corrected chi connectivity index (χ4v) is 2.55. The zero-order valence-electron chi connectivity index (χ0n) is 13.4. The van der Waals surface area contributed by atoms with Gasteiger partial charge in [-0.2, -0.15) is 5.10 Å². The van der Waals surface area contributed by atoms with Gasteiger partial charge in [-0.05, 0) is 37.5 Å². The molecule has 9 heteroatoms. The monoisotopic (exact) mass is 352 g/mol. The SMILES string of the molecule is CS(=O)(=O)NC(=O)CCCCCOc1ccc(-c2ccn[nH]2)nc1. The standard InChI is InChI=1S/C15H20N4O4S/c1-24(21,22)19-15(20)5-3-2-4-10-23-12-6-7-13(16-11-12)14-8-9-17-18-14/h6-9,11H,2-5,10H2,1H3,(H,17,18)(H,19,20). The van der Waals surface area contributed by atoms with Crippen molar-refractivity contribution in [3.05, 3.63) is 30.6 Å². The van der Waals surface area contributed by atoms with E-state index in [-0.39, 0.29) is 6.42 Å². The molecule has 2 rings (SSSR count). The summed E-state index contributed by atoms with van der Waals surface area (Å²) in [7, 11) is -3.46. The summed E-state index contributed by atoms with van der Waals surface area (Å²) in [4.78, 5) is 15.6. The topological polar surface area (TPSA) is 114 Å². The van der Waals surface area contributed by atoms with Crippen molar-refractivity contribution in [2.75, 3.05) is 12.9 Å². The molecular formula is C15H20N4O4S. The normalized spacial score (nSPS) is 11.2. The van der Waals surface area contributed by atoms with Crippen LogP contribution in [-0.2, 0) is 14.8 Å². The van der Waals surface area contributed by atoms with Crippen molar-refractivity contribution in [3.8, 4) is 17.1 Å². The van der Waals surface area contributed by atoms with Gasteiger partial charge in [0.2, 0.25) is 15.9 Å². The first-order chi connectivity index (χ1) is 11.4. The minimum atomic E-state index is -3.46. The van der Waals surface area contributed by atoms with E-state index < -0.39 is 15.9 Å². The predicted molar refractivity (Wildman–Crippen MR) is 88.8 cm³/mol. The third kappa shape index (κ3) is 6.37. The molecule has 130 valence electrons. The number of amides is 1. The molecule has 2 heterocycles. The number of hydrogen-bond donors (Lipinski definition) is 2. The summed E-state index contributed by atoms with van der Waals surface area (Å²) < 4.78 is 29.3. The minimum Gasteiger partial charge on any atom is -0.492 e. The molecule has 0 aliphatic rings. The maximum atomic E-state index is 11.3. The number of sulfonamides is 1.